The van der Waals surface area contributed by atoms with Crippen molar-refractivity contribution in [2.75, 3.05) is 0 Å². The zero-order valence-electron chi connectivity index (χ0n) is 16.9. The molecule has 2 amide bonds. The van der Waals surface area contributed by atoms with Crippen LogP contribution < -0.4 is 5.32 Å². The standard InChI is InChI=1S/C22H25Cl2FN2O2/c1-14(21(29)26-22(2,3)4)27(13-15-5-8-17(25)9-6-15)20(28)12-16-7-10-18(23)19(24)11-16/h5-11,14H,12-13H2,1-4H3,(H,26,29)/t14-/m1/s1. The first kappa shape index (κ1) is 23.2. The number of carbonyl (C=O) groups excluding carboxylic acids is 2. The molecule has 0 spiro atoms. The van der Waals surface area contributed by atoms with E-state index >= 15 is 0 Å². The Balaban J connectivity index is 2.26. The van der Waals surface area contributed by atoms with Crippen LogP contribution in [0.4, 0.5) is 4.39 Å². The summed E-state index contributed by atoms with van der Waals surface area (Å²) < 4.78 is 13.2. The first-order chi connectivity index (χ1) is 13.5. The highest BCUT2D eigenvalue weighted by atomic mass is 35.5. The van der Waals surface area contributed by atoms with E-state index in [1.54, 1.807) is 37.3 Å². The van der Waals surface area contributed by atoms with Crippen molar-refractivity contribution in [3.63, 3.8) is 0 Å². The van der Waals surface area contributed by atoms with Gasteiger partial charge in [-0.15, -0.1) is 0 Å². The van der Waals surface area contributed by atoms with E-state index < -0.39 is 11.6 Å². The predicted molar refractivity (Wildman–Crippen MR) is 114 cm³/mol. The molecule has 0 bridgehead atoms. The summed E-state index contributed by atoms with van der Waals surface area (Å²) in [6.07, 6.45) is 0.0607. The van der Waals surface area contributed by atoms with Crippen molar-refractivity contribution >= 4 is 35.0 Å². The summed E-state index contributed by atoms with van der Waals surface area (Å²) in [5, 5.41) is 3.67. The largest absolute Gasteiger partial charge is 0.350 e. The molecule has 4 nitrogen and oxygen atoms in total. The molecule has 0 unspecified atom stereocenters. The molecule has 0 saturated heterocycles. The lowest BCUT2D eigenvalue weighted by Crippen LogP contribution is -2.52. The monoisotopic (exact) mass is 438 g/mol. The summed E-state index contributed by atoms with van der Waals surface area (Å²) in [6.45, 7) is 7.48. The Bertz CT molecular complexity index is 879. The van der Waals surface area contributed by atoms with Crippen LogP contribution in [0, 0.1) is 5.82 Å². The average molecular weight is 439 g/mol. The molecule has 7 heteroatoms. The van der Waals surface area contributed by atoms with Gasteiger partial charge in [0.05, 0.1) is 16.5 Å². The first-order valence-electron chi connectivity index (χ1n) is 9.26. The number of nitrogens with one attached hydrogen (secondary N) is 1. The molecule has 0 fully saturated rings. The van der Waals surface area contributed by atoms with E-state index in [1.807, 2.05) is 20.8 Å². The van der Waals surface area contributed by atoms with Crippen molar-refractivity contribution in [1.82, 2.24) is 10.2 Å². The van der Waals surface area contributed by atoms with Gasteiger partial charge in [0.1, 0.15) is 11.9 Å². The molecule has 0 saturated carbocycles. The maximum atomic E-state index is 13.2. The molecule has 0 radical (unpaired) electrons. The van der Waals surface area contributed by atoms with Crippen LogP contribution in [-0.2, 0) is 22.6 Å². The second-order valence-corrected chi connectivity index (χ2v) is 8.80. The molecule has 0 aromatic heterocycles. The van der Waals surface area contributed by atoms with Gasteiger partial charge in [0.15, 0.2) is 0 Å². The van der Waals surface area contributed by atoms with E-state index in [9.17, 15) is 14.0 Å². The van der Waals surface area contributed by atoms with E-state index in [2.05, 4.69) is 5.32 Å². The summed E-state index contributed by atoms with van der Waals surface area (Å²) in [7, 11) is 0. The zero-order chi connectivity index (χ0) is 21.8. The van der Waals surface area contributed by atoms with E-state index in [-0.39, 0.29) is 30.6 Å². The minimum Gasteiger partial charge on any atom is -0.350 e. The molecule has 0 aliphatic heterocycles. The lowest BCUT2D eigenvalue weighted by atomic mass is 10.1. The Kier molecular flexibility index (Phi) is 7.66. The van der Waals surface area contributed by atoms with Gasteiger partial charge >= 0.3 is 0 Å². The van der Waals surface area contributed by atoms with Crippen molar-refractivity contribution in [3.05, 3.63) is 69.5 Å². The normalized spacial score (nSPS) is 12.4. The minimum absolute atomic E-state index is 0.0607. The third-order valence-corrected chi connectivity index (χ3v) is 5.01. The Hall–Kier alpha value is -2.11. The first-order valence-corrected chi connectivity index (χ1v) is 10.0. The van der Waals surface area contributed by atoms with Gasteiger partial charge in [-0.25, -0.2) is 4.39 Å². The summed E-state index contributed by atoms with van der Waals surface area (Å²) in [5.74, 6) is -0.868. The number of amides is 2. The molecule has 156 valence electrons. The van der Waals surface area contributed by atoms with Crippen molar-refractivity contribution in [2.24, 2.45) is 0 Å². The SMILES string of the molecule is C[C@H](C(=O)NC(C)(C)C)N(Cc1ccc(F)cc1)C(=O)Cc1ccc(Cl)c(Cl)c1. The van der Waals surface area contributed by atoms with Gasteiger partial charge in [-0.2, -0.15) is 0 Å². The quantitative estimate of drug-likeness (QED) is 0.688. The number of carbonyl (C=O) groups is 2. The number of hydrogen-bond acceptors (Lipinski definition) is 2. The van der Waals surface area contributed by atoms with Gasteiger partial charge in [0.2, 0.25) is 11.8 Å². The van der Waals surface area contributed by atoms with Crippen LogP contribution in [0.3, 0.4) is 0 Å². The van der Waals surface area contributed by atoms with Gasteiger partial charge in [-0.05, 0) is 63.1 Å². The minimum atomic E-state index is -0.713. The highest BCUT2D eigenvalue weighted by molar-refractivity contribution is 6.42. The molecular formula is C22H25Cl2FN2O2. The summed E-state index contributed by atoms with van der Waals surface area (Å²) in [4.78, 5) is 27.3. The fourth-order valence-electron chi connectivity index (χ4n) is 2.77. The summed E-state index contributed by atoms with van der Waals surface area (Å²) in [5.41, 5.74) is 0.987. The lowest BCUT2D eigenvalue weighted by Gasteiger charge is -2.31. The van der Waals surface area contributed by atoms with E-state index in [1.165, 1.54) is 17.0 Å². The highest BCUT2D eigenvalue weighted by Gasteiger charge is 2.28. The van der Waals surface area contributed by atoms with Crippen LogP contribution in [0.25, 0.3) is 0 Å². The number of rotatable bonds is 6. The van der Waals surface area contributed by atoms with Crippen LogP contribution in [-0.4, -0.2) is 28.3 Å². The molecular weight excluding hydrogens is 414 g/mol. The molecule has 0 aliphatic carbocycles. The maximum absolute atomic E-state index is 13.2. The van der Waals surface area contributed by atoms with Crippen LogP contribution in [0.15, 0.2) is 42.5 Å². The van der Waals surface area contributed by atoms with Crippen LogP contribution >= 0.6 is 23.2 Å². The summed E-state index contributed by atoms with van der Waals surface area (Å²) in [6, 6.07) is 10.1. The van der Waals surface area contributed by atoms with Crippen molar-refractivity contribution < 1.29 is 14.0 Å². The van der Waals surface area contributed by atoms with Crippen LogP contribution in [0.2, 0.25) is 10.0 Å². The second-order valence-electron chi connectivity index (χ2n) is 7.99. The zero-order valence-corrected chi connectivity index (χ0v) is 18.4. The number of hydrogen-bond donors (Lipinski definition) is 1. The Morgan fingerprint density at radius 2 is 1.62 bits per heavy atom. The average Bonchev–Trinajstić information content (AvgIpc) is 2.62. The van der Waals surface area contributed by atoms with Gasteiger partial charge in [-0.1, -0.05) is 41.4 Å². The lowest BCUT2D eigenvalue weighted by molar-refractivity contribution is -0.140. The van der Waals surface area contributed by atoms with Gasteiger partial charge in [-0.3, -0.25) is 9.59 Å². The van der Waals surface area contributed by atoms with Gasteiger partial charge < -0.3 is 10.2 Å². The Labute approximate surface area is 181 Å². The summed E-state index contributed by atoms with van der Waals surface area (Å²) >= 11 is 12.0. The fourth-order valence-corrected chi connectivity index (χ4v) is 3.09. The second kappa shape index (κ2) is 9.59. The third kappa shape index (κ3) is 7.02. The number of benzene rings is 2. The molecule has 2 aromatic rings. The smallest absolute Gasteiger partial charge is 0.242 e. The van der Waals surface area contributed by atoms with Crippen LogP contribution in [0.1, 0.15) is 38.8 Å². The van der Waals surface area contributed by atoms with E-state index in [0.29, 0.717) is 15.6 Å². The van der Waals surface area contributed by atoms with Gasteiger partial charge in [0, 0.05) is 12.1 Å². The molecule has 2 rings (SSSR count). The molecule has 0 heterocycles. The maximum Gasteiger partial charge on any atom is 0.242 e. The highest BCUT2D eigenvalue weighted by Crippen LogP contribution is 2.23. The molecule has 29 heavy (non-hydrogen) atoms. The van der Waals surface area contributed by atoms with Crippen LogP contribution in [0.5, 0.6) is 0 Å². The number of halogens is 3. The Morgan fingerprint density at radius 1 is 1.03 bits per heavy atom. The molecule has 0 aliphatic rings. The van der Waals surface area contributed by atoms with Crippen molar-refractivity contribution in [2.45, 2.75) is 52.2 Å². The van der Waals surface area contributed by atoms with Crippen molar-refractivity contribution in [3.8, 4) is 0 Å². The third-order valence-electron chi connectivity index (χ3n) is 4.27. The molecule has 1 atom stereocenters. The predicted octanol–water partition coefficient (Wildman–Crippen LogP) is 5.01. The Morgan fingerprint density at radius 3 is 2.17 bits per heavy atom. The van der Waals surface area contributed by atoms with Crippen molar-refractivity contribution in [1.29, 1.82) is 0 Å². The number of nitrogens with zero attached hydrogens (tertiary/aromatic N) is 1. The fraction of sp³-hybridized carbons (Fsp3) is 0.364. The topological polar surface area (TPSA) is 49.4 Å². The molecule has 1 N–H and O–H groups in total. The molecule has 2 aromatic carbocycles. The van der Waals surface area contributed by atoms with E-state index in [4.69, 9.17) is 23.2 Å². The van der Waals surface area contributed by atoms with Gasteiger partial charge in [0.25, 0.3) is 0 Å². The van der Waals surface area contributed by atoms with E-state index in [0.717, 1.165) is 5.56 Å².